The molecule has 3 heterocycles. The summed E-state index contributed by atoms with van der Waals surface area (Å²) in [5, 5.41) is 12.4. The lowest BCUT2D eigenvalue weighted by atomic mass is 10.2. The number of thiophene rings is 1. The Hall–Kier alpha value is -2.51. The van der Waals surface area contributed by atoms with Gasteiger partial charge in [0.1, 0.15) is 0 Å². The summed E-state index contributed by atoms with van der Waals surface area (Å²) in [5.74, 6) is 1.17. The van der Waals surface area contributed by atoms with Crippen molar-refractivity contribution in [2.45, 2.75) is 19.4 Å². The number of hydrogen-bond acceptors (Lipinski definition) is 6. The number of aromatic nitrogens is 2. The number of carbonyl (C=O) groups excluding carboxylic acids is 1. The van der Waals surface area contributed by atoms with Gasteiger partial charge in [0.25, 0.3) is 0 Å². The van der Waals surface area contributed by atoms with Crippen molar-refractivity contribution in [3.8, 4) is 11.5 Å². The maximum absolute atomic E-state index is 12.5. The van der Waals surface area contributed by atoms with E-state index in [-0.39, 0.29) is 5.91 Å². The lowest BCUT2D eigenvalue weighted by Gasteiger charge is -2.34. The summed E-state index contributed by atoms with van der Waals surface area (Å²) in [6.45, 7) is 4.36. The molecule has 1 saturated heterocycles. The molecular formula is C20H22N4O2S. The standard InChI is InChI=1S/C20H22N4O2S/c25-19(24-11-9-23(10-12-24)14-16-8-13-27-15-16)7-6-18-21-22-20(26-18)17-4-2-1-3-5-17/h1-5,8,13,15H,6-7,9-12,14H2. The lowest BCUT2D eigenvalue weighted by molar-refractivity contribution is -0.133. The zero-order chi connectivity index (χ0) is 18.5. The van der Waals surface area contributed by atoms with Gasteiger partial charge in [-0.1, -0.05) is 18.2 Å². The highest BCUT2D eigenvalue weighted by Gasteiger charge is 2.21. The van der Waals surface area contributed by atoms with Crippen LogP contribution in [0, 0.1) is 0 Å². The first-order chi connectivity index (χ1) is 13.3. The van der Waals surface area contributed by atoms with Gasteiger partial charge < -0.3 is 9.32 Å². The van der Waals surface area contributed by atoms with Gasteiger partial charge in [0, 0.05) is 51.1 Å². The highest BCUT2D eigenvalue weighted by atomic mass is 32.1. The van der Waals surface area contributed by atoms with Gasteiger partial charge in [-0.25, -0.2) is 0 Å². The molecule has 2 aromatic heterocycles. The van der Waals surface area contributed by atoms with Gasteiger partial charge in [-0.15, -0.1) is 10.2 Å². The Labute approximate surface area is 162 Å². The third kappa shape index (κ3) is 4.61. The van der Waals surface area contributed by atoms with E-state index in [1.807, 2.05) is 35.2 Å². The van der Waals surface area contributed by atoms with E-state index in [4.69, 9.17) is 4.42 Å². The summed E-state index contributed by atoms with van der Waals surface area (Å²) in [7, 11) is 0. The summed E-state index contributed by atoms with van der Waals surface area (Å²) in [5.41, 5.74) is 2.25. The Morgan fingerprint density at radius 2 is 1.89 bits per heavy atom. The highest BCUT2D eigenvalue weighted by molar-refractivity contribution is 7.07. The highest BCUT2D eigenvalue weighted by Crippen LogP contribution is 2.18. The molecule has 0 bridgehead atoms. The Bertz CT molecular complexity index is 855. The minimum atomic E-state index is 0.157. The first-order valence-electron chi connectivity index (χ1n) is 9.17. The molecule has 1 fully saturated rings. The maximum atomic E-state index is 12.5. The Kier molecular flexibility index (Phi) is 5.60. The first kappa shape index (κ1) is 17.9. The lowest BCUT2D eigenvalue weighted by Crippen LogP contribution is -2.48. The van der Waals surface area contributed by atoms with E-state index in [0.29, 0.717) is 24.6 Å². The molecule has 0 spiro atoms. The van der Waals surface area contributed by atoms with E-state index in [1.165, 1.54) is 5.56 Å². The van der Waals surface area contributed by atoms with Crippen molar-refractivity contribution in [1.82, 2.24) is 20.0 Å². The van der Waals surface area contributed by atoms with Crippen LogP contribution >= 0.6 is 11.3 Å². The molecule has 1 aliphatic heterocycles. The Balaban J connectivity index is 1.24. The number of carbonyl (C=O) groups is 1. The van der Waals surface area contributed by atoms with Crippen molar-refractivity contribution < 1.29 is 9.21 Å². The van der Waals surface area contributed by atoms with E-state index in [2.05, 4.69) is 31.9 Å². The second kappa shape index (κ2) is 8.45. The molecular weight excluding hydrogens is 360 g/mol. The molecule has 0 unspecified atom stereocenters. The topological polar surface area (TPSA) is 62.5 Å². The number of hydrogen-bond donors (Lipinski definition) is 0. The molecule has 1 aromatic carbocycles. The summed E-state index contributed by atoms with van der Waals surface area (Å²) in [6.07, 6.45) is 0.884. The minimum absolute atomic E-state index is 0.157. The quantitative estimate of drug-likeness (QED) is 0.656. The number of rotatable bonds is 6. The predicted molar refractivity (Wildman–Crippen MR) is 104 cm³/mol. The summed E-state index contributed by atoms with van der Waals surface area (Å²) < 4.78 is 5.68. The van der Waals surface area contributed by atoms with Crippen LogP contribution in [0.25, 0.3) is 11.5 Å². The van der Waals surface area contributed by atoms with Crippen molar-refractivity contribution >= 4 is 17.2 Å². The van der Waals surface area contributed by atoms with Gasteiger partial charge in [0.15, 0.2) is 0 Å². The SMILES string of the molecule is O=C(CCc1nnc(-c2ccccc2)o1)N1CCN(Cc2ccsc2)CC1. The van der Waals surface area contributed by atoms with Crippen molar-refractivity contribution in [2.24, 2.45) is 0 Å². The zero-order valence-electron chi connectivity index (χ0n) is 15.1. The van der Waals surface area contributed by atoms with E-state index in [1.54, 1.807) is 11.3 Å². The molecule has 140 valence electrons. The predicted octanol–water partition coefficient (Wildman–Crippen LogP) is 3.08. The Morgan fingerprint density at radius 3 is 2.63 bits per heavy atom. The van der Waals surface area contributed by atoms with Crippen molar-refractivity contribution in [3.05, 3.63) is 58.6 Å². The number of benzene rings is 1. The fourth-order valence-corrected chi connectivity index (χ4v) is 3.88. The second-order valence-electron chi connectivity index (χ2n) is 6.66. The molecule has 0 N–H and O–H groups in total. The van der Waals surface area contributed by atoms with Gasteiger partial charge in [0.2, 0.25) is 17.7 Å². The number of piperazine rings is 1. The molecule has 4 rings (SSSR count). The van der Waals surface area contributed by atoms with E-state index in [9.17, 15) is 4.79 Å². The average Bonchev–Trinajstić information content (AvgIpc) is 3.39. The van der Waals surface area contributed by atoms with Crippen LogP contribution in [0.3, 0.4) is 0 Å². The molecule has 1 aliphatic rings. The molecule has 0 aliphatic carbocycles. The normalized spacial score (nSPS) is 15.2. The third-order valence-electron chi connectivity index (χ3n) is 4.75. The van der Waals surface area contributed by atoms with Gasteiger partial charge >= 0.3 is 0 Å². The van der Waals surface area contributed by atoms with E-state index < -0.39 is 0 Å². The van der Waals surface area contributed by atoms with Crippen LogP contribution in [-0.4, -0.2) is 52.1 Å². The van der Waals surface area contributed by atoms with Crippen LogP contribution < -0.4 is 0 Å². The number of amides is 1. The number of nitrogens with zero attached hydrogens (tertiary/aromatic N) is 4. The smallest absolute Gasteiger partial charge is 0.247 e. The van der Waals surface area contributed by atoms with Crippen LogP contribution in [0.1, 0.15) is 17.9 Å². The van der Waals surface area contributed by atoms with Crippen LogP contribution in [0.5, 0.6) is 0 Å². The monoisotopic (exact) mass is 382 g/mol. The molecule has 0 saturated carbocycles. The van der Waals surface area contributed by atoms with Crippen molar-refractivity contribution in [3.63, 3.8) is 0 Å². The molecule has 0 atom stereocenters. The minimum Gasteiger partial charge on any atom is -0.421 e. The Morgan fingerprint density at radius 1 is 1.07 bits per heavy atom. The molecule has 1 amide bonds. The van der Waals surface area contributed by atoms with Crippen LogP contribution in [0.2, 0.25) is 0 Å². The molecule has 0 radical (unpaired) electrons. The van der Waals surface area contributed by atoms with Crippen LogP contribution in [0.4, 0.5) is 0 Å². The molecule has 27 heavy (non-hydrogen) atoms. The van der Waals surface area contributed by atoms with Crippen molar-refractivity contribution in [1.29, 1.82) is 0 Å². The van der Waals surface area contributed by atoms with Crippen LogP contribution in [0.15, 0.2) is 51.6 Å². The maximum Gasteiger partial charge on any atom is 0.247 e. The van der Waals surface area contributed by atoms with Gasteiger partial charge in [-0.2, -0.15) is 11.3 Å². The first-order valence-corrected chi connectivity index (χ1v) is 10.1. The van der Waals surface area contributed by atoms with E-state index >= 15 is 0 Å². The molecule has 6 nitrogen and oxygen atoms in total. The summed E-state index contributed by atoms with van der Waals surface area (Å²) in [4.78, 5) is 16.8. The largest absolute Gasteiger partial charge is 0.421 e. The van der Waals surface area contributed by atoms with Gasteiger partial charge in [-0.3, -0.25) is 9.69 Å². The molecule has 3 aromatic rings. The summed E-state index contributed by atoms with van der Waals surface area (Å²) >= 11 is 1.73. The number of aryl methyl sites for hydroxylation is 1. The third-order valence-corrected chi connectivity index (χ3v) is 5.48. The van der Waals surface area contributed by atoms with Gasteiger partial charge in [-0.05, 0) is 34.5 Å². The van der Waals surface area contributed by atoms with Gasteiger partial charge in [0.05, 0.1) is 0 Å². The summed E-state index contributed by atoms with van der Waals surface area (Å²) in [6, 6.07) is 11.8. The average molecular weight is 382 g/mol. The van der Waals surface area contributed by atoms with Crippen LogP contribution in [-0.2, 0) is 17.8 Å². The van der Waals surface area contributed by atoms with Crippen molar-refractivity contribution in [2.75, 3.05) is 26.2 Å². The second-order valence-corrected chi connectivity index (χ2v) is 7.44. The van der Waals surface area contributed by atoms with E-state index in [0.717, 1.165) is 38.3 Å². The molecule has 7 heteroatoms. The zero-order valence-corrected chi connectivity index (χ0v) is 15.9. The fraction of sp³-hybridized carbons (Fsp3) is 0.350. The fourth-order valence-electron chi connectivity index (χ4n) is 3.22.